The number of aryl methyl sites for hydroxylation is 1. The van der Waals surface area contributed by atoms with Crippen LogP contribution in [0, 0.1) is 12.7 Å². The van der Waals surface area contributed by atoms with Crippen LogP contribution in [-0.2, 0) is 0 Å². The summed E-state index contributed by atoms with van der Waals surface area (Å²) in [6.07, 6.45) is 0. The minimum absolute atomic E-state index is 0.171. The summed E-state index contributed by atoms with van der Waals surface area (Å²) in [6, 6.07) is 6.21. The molecule has 0 saturated heterocycles. The van der Waals surface area contributed by atoms with Crippen molar-refractivity contribution < 1.29 is 19.1 Å². The van der Waals surface area contributed by atoms with Crippen molar-refractivity contribution in [3.63, 3.8) is 0 Å². The SMILES string of the molecule is Cc1cc(C(=O)Nc2ccc(F)c(C(=O)O)c2)cc(Cl)n1. The summed E-state index contributed by atoms with van der Waals surface area (Å²) in [7, 11) is 0. The van der Waals surface area contributed by atoms with Gasteiger partial charge in [-0.15, -0.1) is 0 Å². The van der Waals surface area contributed by atoms with E-state index in [1.54, 1.807) is 6.92 Å². The minimum atomic E-state index is -1.41. The summed E-state index contributed by atoms with van der Waals surface area (Å²) in [5.41, 5.74) is 0.493. The fourth-order valence-corrected chi connectivity index (χ4v) is 1.98. The van der Waals surface area contributed by atoms with Crippen molar-refractivity contribution in [2.75, 3.05) is 5.32 Å². The molecule has 1 amide bonds. The third-order valence-corrected chi connectivity index (χ3v) is 2.83. The number of aromatic nitrogens is 1. The highest BCUT2D eigenvalue weighted by molar-refractivity contribution is 6.29. The molecule has 0 unspecified atom stereocenters. The Balaban J connectivity index is 2.27. The number of nitrogens with zero attached hydrogens (tertiary/aromatic N) is 1. The van der Waals surface area contributed by atoms with E-state index >= 15 is 0 Å². The lowest BCUT2D eigenvalue weighted by atomic mass is 10.1. The van der Waals surface area contributed by atoms with Gasteiger partial charge < -0.3 is 10.4 Å². The van der Waals surface area contributed by atoms with Gasteiger partial charge in [-0.2, -0.15) is 0 Å². The van der Waals surface area contributed by atoms with Gasteiger partial charge in [-0.25, -0.2) is 14.2 Å². The number of aromatic carboxylic acids is 1. The summed E-state index contributed by atoms with van der Waals surface area (Å²) >= 11 is 5.77. The molecule has 2 aromatic rings. The number of hydrogen-bond donors (Lipinski definition) is 2. The number of amides is 1. The molecule has 0 saturated carbocycles. The third-order valence-electron chi connectivity index (χ3n) is 2.64. The van der Waals surface area contributed by atoms with Crippen LogP contribution in [0.3, 0.4) is 0 Å². The number of rotatable bonds is 3. The highest BCUT2D eigenvalue weighted by atomic mass is 35.5. The molecule has 0 aliphatic heterocycles. The smallest absolute Gasteiger partial charge is 0.338 e. The Bertz CT molecular complexity index is 714. The second kappa shape index (κ2) is 5.88. The molecule has 0 aliphatic carbocycles. The van der Waals surface area contributed by atoms with E-state index in [0.29, 0.717) is 5.69 Å². The Kier molecular flexibility index (Phi) is 4.18. The van der Waals surface area contributed by atoms with Crippen molar-refractivity contribution >= 4 is 29.2 Å². The zero-order valence-corrected chi connectivity index (χ0v) is 11.6. The summed E-state index contributed by atoms with van der Waals surface area (Å²) < 4.78 is 13.3. The summed E-state index contributed by atoms with van der Waals surface area (Å²) in [5, 5.41) is 11.5. The second-order valence-corrected chi connectivity index (χ2v) is 4.66. The van der Waals surface area contributed by atoms with Gasteiger partial charge in [0.2, 0.25) is 0 Å². The molecule has 0 aliphatic rings. The molecule has 108 valence electrons. The van der Waals surface area contributed by atoms with E-state index in [-0.39, 0.29) is 16.4 Å². The fraction of sp³-hybridized carbons (Fsp3) is 0.0714. The molecule has 2 N–H and O–H groups in total. The molecule has 0 spiro atoms. The Morgan fingerprint density at radius 1 is 1.29 bits per heavy atom. The van der Waals surface area contributed by atoms with Gasteiger partial charge in [-0.05, 0) is 37.3 Å². The average molecular weight is 309 g/mol. The van der Waals surface area contributed by atoms with Crippen LogP contribution in [-0.4, -0.2) is 22.0 Å². The molecule has 5 nitrogen and oxygen atoms in total. The normalized spacial score (nSPS) is 10.2. The monoisotopic (exact) mass is 308 g/mol. The molecule has 0 bridgehead atoms. The first kappa shape index (κ1) is 14.9. The lowest BCUT2D eigenvalue weighted by Gasteiger charge is -2.07. The zero-order valence-electron chi connectivity index (χ0n) is 10.9. The molecule has 0 fully saturated rings. The summed E-state index contributed by atoms with van der Waals surface area (Å²) in [5.74, 6) is -2.78. The van der Waals surface area contributed by atoms with Gasteiger partial charge in [0.05, 0.1) is 5.56 Å². The first-order chi connectivity index (χ1) is 9.86. The number of benzene rings is 1. The van der Waals surface area contributed by atoms with E-state index in [4.69, 9.17) is 16.7 Å². The van der Waals surface area contributed by atoms with Crippen LogP contribution in [0.1, 0.15) is 26.4 Å². The number of pyridine rings is 1. The minimum Gasteiger partial charge on any atom is -0.478 e. The topological polar surface area (TPSA) is 79.3 Å². The second-order valence-electron chi connectivity index (χ2n) is 4.27. The van der Waals surface area contributed by atoms with E-state index in [2.05, 4.69) is 10.3 Å². The Morgan fingerprint density at radius 2 is 2.00 bits per heavy atom. The largest absolute Gasteiger partial charge is 0.478 e. The standard InChI is InChI=1S/C14H10ClFN2O3/c1-7-4-8(5-12(15)17-7)13(19)18-9-2-3-11(16)10(6-9)14(20)21/h2-6H,1H3,(H,18,19)(H,20,21). The Hall–Kier alpha value is -2.47. The van der Waals surface area contributed by atoms with Gasteiger partial charge >= 0.3 is 5.97 Å². The number of carbonyl (C=O) groups excluding carboxylic acids is 1. The van der Waals surface area contributed by atoms with Crippen molar-refractivity contribution in [2.24, 2.45) is 0 Å². The Morgan fingerprint density at radius 3 is 2.62 bits per heavy atom. The highest BCUT2D eigenvalue weighted by Crippen LogP contribution is 2.17. The average Bonchev–Trinajstić information content (AvgIpc) is 2.39. The highest BCUT2D eigenvalue weighted by Gasteiger charge is 2.13. The van der Waals surface area contributed by atoms with Crippen molar-refractivity contribution in [1.82, 2.24) is 4.98 Å². The molecule has 1 heterocycles. The van der Waals surface area contributed by atoms with Crippen LogP contribution in [0.25, 0.3) is 0 Å². The molecule has 1 aromatic carbocycles. The van der Waals surface area contributed by atoms with Crippen LogP contribution >= 0.6 is 11.6 Å². The van der Waals surface area contributed by atoms with Crippen molar-refractivity contribution in [2.45, 2.75) is 6.92 Å². The molecule has 2 rings (SSSR count). The first-order valence-electron chi connectivity index (χ1n) is 5.85. The molecule has 0 atom stereocenters. The maximum absolute atomic E-state index is 13.3. The molecule has 7 heteroatoms. The summed E-state index contributed by atoms with van der Waals surface area (Å²) in [4.78, 5) is 26.8. The van der Waals surface area contributed by atoms with Gasteiger partial charge in [0.25, 0.3) is 5.91 Å². The fourth-order valence-electron chi connectivity index (χ4n) is 1.73. The lowest BCUT2D eigenvalue weighted by Crippen LogP contribution is -2.13. The molecule has 1 aromatic heterocycles. The zero-order chi connectivity index (χ0) is 15.6. The van der Waals surface area contributed by atoms with Crippen LogP contribution in [0.4, 0.5) is 10.1 Å². The number of carboxylic acids is 1. The van der Waals surface area contributed by atoms with E-state index in [1.165, 1.54) is 18.2 Å². The number of nitrogens with one attached hydrogen (secondary N) is 1. The number of anilines is 1. The van der Waals surface area contributed by atoms with Gasteiger partial charge in [0.15, 0.2) is 0 Å². The lowest BCUT2D eigenvalue weighted by molar-refractivity contribution is 0.0691. The van der Waals surface area contributed by atoms with Crippen LogP contribution < -0.4 is 5.32 Å². The predicted octanol–water partition coefficient (Wildman–Crippen LogP) is 3.13. The molecular formula is C14H10ClFN2O3. The van der Waals surface area contributed by atoms with Crippen LogP contribution in [0.2, 0.25) is 5.15 Å². The maximum atomic E-state index is 13.3. The molecular weight excluding hydrogens is 299 g/mol. The maximum Gasteiger partial charge on any atom is 0.338 e. The molecule has 21 heavy (non-hydrogen) atoms. The van der Waals surface area contributed by atoms with E-state index < -0.39 is 23.3 Å². The number of halogens is 2. The Labute approximate surface area is 124 Å². The quantitative estimate of drug-likeness (QED) is 0.854. The number of carboxylic acid groups (broad SMARTS) is 1. The first-order valence-corrected chi connectivity index (χ1v) is 6.23. The van der Waals surface area contributed by atoms with Gasteiger partial charge in [-0.3, -0.25) is 4.79 Å². The summed E-state index contributed by atoms with van der Waals surface area (Å²) in [6.45, 7) is 1.68. The van der Waals surface area contributed by atoms with E-state index in [0.717, 1.165) is 12.1 Å². The van der Waals surface area contributed by atoms with Crippen LogP contribution in [0.5, 0.6) is 0 Å². The van der Waals surface area contributed by atoms with Gasteiger partial charge in [0, 0.05) is 16.9 Å². The molecule has 0 radical (unpaired) electrons. The van der Waals surface area contributed by atoms with Gasteiger partial charge in [-0.1, -0.05) is 11.6 Å². The van der Waals surface area contributed by atoms with Crippen molar-refractivity contribution in [1.29, 1.82) is 0 Å². The predicted molar refractivity (Wildman–Crippen MR) is 75.3 cm³/mol. The van der Waals surface area contributed by atoms with Crippen LogP contribution in [0.15, 0.2) is 30.3 Å². The number of carbonyl (C=O) groups is 2. The van der Waals surface area contributed by atoms with E-state index in [9.17, 15) is 14.0 Å². The van der Waals surface area contributed by atoms with Crippen molar-refractivity contribution in [3.05, 3.63) is 58.1 Å². The van der Waals surface area contributed by atoms with Crippen molar-refractivity contribution in [3.8, 4) is 0 Å². The van der Waals surface area contributed by atoms with Gasteiger partial charge in [0.1, 0.15) is 11.0 Å². The number of hydrogen-bond acceptors (Lipinski definition) is 3. The van der Waals surface area contributed by atoms with E-state index in [1.807, 2.05) is 0 Å². The third kappa shape index (κ3) is 3.55.